The molecule has 0 aliphatic heterocycles. The third kappa shape index (κ3) is 5.02. The second-order valence-corrected chi connectivity index (χ2v) is 6.06. The lowest BCUT2D eigenvalue weighted by Crippen LogP contribution is -2.17. The van der Waals surface area contributed by atoms with E-state index in [-0.39, 0.29) is 36.4 Å². The van der Waals surface area contributed by atoms with Crippen LogP contribution < -0.4 is 15.4 Å². The van der Waals surface area contributed by atoms with Crippen LogP contribution in [0, 0.1) is 17.6 Å². The van der Waals surface area contributed by atoms with Crippen LogP contribution in [0.4, 0.5) is 20.2 Å². The summed E-state index contributed by atoms with van der Waals surface area (Å²) in [5.74, 6) is -1.24. The number of carbonyl (C=O) groups excluding carboxylic acids is 2. The normalized spacial score (nSPS) is 13.2. The maximum atomic E-state index is 13.8. The lowest BCUT2D eigenvalue weighted by Gasteiger charge is -2.10. The quantitative estimate of drug-likeness (QED) is 0.791. The number of carbonyl (C=O) groups is 2. The van der Waals surface area contributed by atoms with E-state index in [2.05, 4.69) is 10.6 Å². The highest BCUT2D eigenvalue weighted by molar-refractivity contribution is 5.96. The fourth-order valence-corrected chi connectivity index (χ4v) is 2.32. The van der Waals surface area contributed by atoms with Crippen molar-refractivity contribution in [1.82, 2.24) is 0 Å². The summed E-state index contributed by atoms with van der Waals surface area (Å²) in [7, 11) is 0. The molecule has 136 valence electrons. The Balaban J connectivity index is 1.51. The van der Waals surface area contributed by atoms with E-state index in [9.17, 15) is 18.4 Å². The number of ether oxygens (including phenoxy) is 1. The number of nitrogens with one attached hydrogen (secondary N) is 2. The first-order chi connectivity index (χ1) is 12.5. The van der Waals surface area contributed by atoms with Crippen molar-refractivity contribution >= 4 is 23.2 Å². The summed E-state index contributed by atoms with van der Waals surface area (Å²) in [4.78, 5) is 23.7. The van der Waals surface area contributed by atoms with Crippen molar-refractivity contribution in [2.24, 2.45) is 5.92 Å². The van der Waals surface area contributed by atoms with Crippen molar-refractivity contribution in [2.45, 2.75) is 19.3 Å². The average Bonchev–Trinajstić information content (AvgIpc) is 3.43. The van der Waals surface area contributed by atoms with E-state index in [0.29, 0.717) is 11.4 Å². The molecule has 0 bridgehead atoms. The minimum atomic E-state index is -0.563. The molecule has 2 aromatic carbocycles. The van der Waals surface area contributed by atoms with E-state index in [1.54, 1.807) is 6.07 Å². The summed E-state index contributed by atoms with van der Waals surface area (Å²) in [6.45, 7) is 0.0712. The van der Waals surface area contributed by atoms with Gasteiger partial charge in [-0.3, -0.25) is 9.59 Å². The third-order valence-corrected chi connectivity index (χ3v) is 3.85. The molecule has 5 nitrogen and oxygen atoms in total. The minimum absolute atomic E-state index is 0.0377. The fourth-order valence-electron chi connectivity index (χ4n) is 2.32. The predicted molar refractivity (Wildman–Crippen MR) is 92.9 cm³/mol. The van der Waals surface area contributed by atoms with Gasteiger partial charge in [0, 0.05) is 17.7 Å². The SMILES string of the molecule is O=C(CCOc1cccc(F)c1)Nc1ccc(F)c(NC(=O)C2CC2)c1. The summed E-state index contributed by atoms with van der Waals surface area (Å²) >= 11 is 0. The molecule has 2 N–H and O–H groups in total. The number of hydrogen-bond donors (Lipinski definition) is 2. The van der Waals surface area contributed by atoms with Crippen LogP contribution in [-0.2, 0) is 9.59 Å². The molecule has 1 aliphatic carbocycles. The third-order valence-electron chi connectivity index (χ3n) is 3.85. The van der Waals surface area contributed by atoms with Crippen LogP contribution in [0.2, 0.25) is 0 Å². The van der Waals surface area contributed by atoms with E-state index in [1.807, 2.05) is 0 Å². The number of benzene rings is 2. The second kappa shape index (κ2) is 7.95. The second-order valence-electron chi connectivity index (χ2n) is 6.06. The smallest absolute Gasteiger partial charge is 0.227 e. The lowest BCUT2D eigenvalue weighted by molar-refractivity contribution is -0.117. The van der Waals surface area contributed by atoms with Crippen molar-refractivity contribution in [3.8, 4) is 5.75 Å². The molecule has 26 heavy (non-hydrogen) atoms. The minimum Gasteiger partial charge on any atom is -0.493 e. The van der Waals surface area contributed by atoms with Crippen LogP contribution in [-0.4, -0.2) is 18.4 Å². The Kier molecular flexibility index (Phi) is 5.46. The van der Waals surface area contributed by atoms with Crippen molar-refractivity contribution < 1.29 is 23.1 Å². The van der Waals surface area contributed by atoms with Gasteiger partial charge in [0.15, 0.2) is 0 Å². The monoisotopic (exact) mass is 360 g/mol. The lowest BCUT2D eigenvalue weighted by atomic mass is 10.2. The zero-order valence-corrected chi connectivity index (χ0v) is 13.9. The van der Waals surface area contributed by atoms with E-state index in [1.165, 1.54) is 36.4 Å². The van der Waals surface area contributed by atoms with Crippen LogP contribution in [0.1, 0.15) is 19.3 Å². The van der Waals surface area contributed by atoms with Gasteiger partial charge in [0.2, 0.25) is 11.8 Å². The Hall–Kier alpha value is -2.96. The molecular weight excluding hydrogens is 342 g/mol. The summed E-state index contributed by atoms with van der Waals surface area (Å²) in [5, 5.41) is 5.14. The summed E-state index contributed by atoms with van der Waals surface area (Å²) in [5.41, 5.74) is 0.406. The zero-order valence-electron chi connectivity index (χ0n) is 13.9. The molecule has 2 amide bonds. The Morgan fingerprint density at radius 2 is 1.88 bits per heavy atom. The summed E-state index contributed by atoms with van der Waals surface area (Å²) in [6, 6.07) is 9.60. The molecule has 0 saturated heterocycles. The van der Waals surface area contributed by atoms with Crippen LogP contribution in [0.3, 0.4) is 0 Å². The summed E-state index contributed by atoms with van der Waals surface area (Å²) in [6.07, 6.45) is 1.67. The molecule has 0 unspecified atom stereocenters. The number of rotatable bonds is 7. The van der Waals surface area contributed by atoms with Crippen LogP contribution in [0.5, 0.6) is 5.75 Å². The van der Waals surface area contributed by atoms with Gasteiger partial charge in [-0.25, -0.2) is 8.78 Å². The van der Waals surface area contributed by atoms with Gasteiger partial charge in [-0.15, -0.1) is 0 Å². The molecule has 0 spiro atoms. The van der Waals surface area contributed by atoms with Gasteiger partial charge < -0.3 is 15.4 Å². The van der Waals surface area contributed by atoms with Crippen molar-refractivity contribution in [3.63, 3.8) is 0 Å². The molecule has 0 atom stereocenters. The predicted octanol–water partition coefficient (Wildman–Crippen LogP) is 3.72. The molecule has 0 heterocycles. The first-order valence-corrected chi connectivity index (χ1v) is 8.30. The molecule has 1 aliphatic rings. The highest BCUT2D eigenvalue weighted by Crippen LogP contribution is 2.31. The molecule has 1 fully saturated rings. The van der Waals surface area contributed by atoms with E-state index in [0.717, 1.165) is 12.8 Å². The Labute approximate surface area is 149 Å². The Morgan fingerprint density at radius 3 is 2.62 bits per heavy atom. The zero-order chi connectivity index (χ0) is 18.5. The van der Waals surface area contributed by atoms with Crippen molar-refractivity contribution in [3.05, 3.63) is 54.1 Å². The van der Waals surface area contributed by atoms with Crippen LogP contribution in [0.15, 0.2) is 42.5 Å². The number of anilines is 2. The van der Waals surface area contributed by atoms with Gasteiger partial charge in [-0.2, -0.15) is 0 Å². The van der Waals surface area contributed by atoms with Gasteiger partial charge in [0.25, 0.3) is 0 Å². The molecule has 7 heteroatoms. The molecule has 2 aromatic rings. The Bertz CT molecular complexity index is 822. The molecule has 3 rings (SSSR count). The van der Waals surface area contributed by atoms with Gasteiger partial charge >= 0.3 is 0 Å². The van der Waals surface area contributed by atoms with E-state index >= 15 is 0 Å². The number of hydrogen-bond acceptors (Lipinski definition) is 3. The number of halogens is 2. The van der Waals surface area contributed by atoms with Gasteiger partial charge in [0.1, 0.15) is 17.4 Å². The molecule has 0 aromatic heterocycles. The molecular formula is C19H18F2N2O3. The molecule has 1 saturated carbocycles. The fraction of sp³-hybridized carbons (Fsp3) is 0.263. The first-order valence-electron chi connectivity index (χ1n) is 8.30. The largest absolute Gasteiger partial charge is 0.493 e. The Morgan fingerprint density at radius 1 is 1.08 bits per heavy atom. The van der Waals surface area contributed by atoms with E-state index < -0.39 is 11.6 Å². The maximum Gasteiger partial charge on any atom is 0.227 e. The van der Waals surface area contributed by atoms with Crippen LogP contribution in [0.25, 0.3) is 0 Å². The average molecular weight is 360 g/mol. The highest BCUT2D eigenvalue weighted by atomic mass is 19.1. The highest BCUT2D eigenvalue weighted by Gasteiger charge is 2.30. The van der Waals surface area contributed by atoms with Crippen LogP contribution >= 0.6 is 0 Å². The maximum absolute atomic E-state index is 13.8. The molecule has 0 radical (unpaired) electrons. The topological polar surface area (TPSA) is 67.4 Å². The van der Waals surface area contributed by atoms with Gasteiger partial charge in [-0.1, -0.05) is 6.07 Å². The standard InChI is InChI=1S/C19H18F2N2O3/c20-13-2-1-3-15(10-13)26-9-8-18(24)22-14-6-7-16(21)17(11-14)23-19(25)12-4-5-12/h1-3,6-7,10-12H,4-5,8-9H2,(H,22,24)(H,23,25). The number of amides is 2. The van der Waals surface area contributed by atoms with Gasteiger partial charge in [-0.05, 0) is 43.2 Å². The first kappa shape index (κ1) is 17.8. The van der Waals surface area contributed by atoms with Crippen molar-refractivity contribution in [1.29, 1.82) is 0 Å². The summed E-state index contributed by atoms with van der Waals surface area (Å²) < 4.78 is 32.1. The van der Waals surface area contributed by atoms with Gasteiger partial charge in [0.05, 0.1) is 18.7 Å². The van der Waals surface area contributed by atoms with Crippen molar-refractivity contribution in [2.75, 3.05) is 17.2 Å². The van der Waals surface area contributed by atoms with E-state index in [4.69, 9.17) is 4.74 Å².